The molecule has 3 N–H and O–H groups in total. The lowest BCUT2D eigenvalue weighted by Crippen LogP contribution is -3.15. The monoisotopic (exact) mass is 383 g/mol. The van der Waals surface area contributed by atoms with Gasteiger partial charge in [-0.3, -0.25) is 5.43 Å². The van der Waals surface area contributed by atoms with E-state index in [9.17, 15) is 0 Å². The van der Waals surface area contributed by atoms with E-state index in [-0.39, 0.29) is 6.04 Å². The highest BCUT2D eigenvalue weighted by Crippen LogP contribution is 2.12. The van der Waals surface area contributed by atoms with Crippen molar-refractivity contribution in [1.29, 1.82) is 0 Å². The lowest BCUT2D eigenvalue weighted by atomic mass is 10.0. The molecule has 0 spiro atoms. The van der Waals surface area contributed by atoms with Gasteiger partial charge in [-0.1, -0.05) is 48.0 Å². The van der Waals surface area contributed by atoms with Crippen molar-refractivity contribution in [3.05, 3.63) is 65.7 Å². The molecule has 1 atom stereocenters. The molecular weight excluding hydrogens is 356 g/mol. The van der Waals surface area contributed by atoms with Crippen LogP contribution in [0.4, 0.5) is 5.69 Å². The van der Waals surface area contributed by atoms with Gasteiger partial charge < -0.3 is 15.0 Å². The summed E-state index contributed by atoms with van der Waals surface area (Å²) in [5, 5.41) is 8.25. The van der Waals surface area contributed by atoms with Crippen LogP contribution in [-0.4, -0.2) is 37.1 Å². The van der Waals surface area contributed by atoms with E-state index in [4.69, 9.17) is 17.0 Å². The SMILES string of the molecule is C/C(=N/NC(=S)Nc1ccc(C)cc1)[C@@H](c1ccccc1)[NH+]1CCOCC1. The van der Waals surface area contributed by atoms with Crippen LogP contribution in [0.1, 0.15) is 24.1 Å². The minimum atomic E-state index is 0.185. The van der Waals surface area contributed by atoms with Crippen LogP contribution in [0.5, 0.6) is 0 Å². The van der Waals surface area contributed by atoms with Gasteiger partial charge in [0.15, 0.2) is 11.2 Å². The number of aryl methyl sites for hydroxylation is 1. The Morgan fingerprint density at radius 3 is 2.41 bits per heavy atom. The first-order valence-electron chi connectivity index (χ1n) is 9.28. The maximum absolute atomic E-state index is 5.53. The summed E-state index contributed by atoms with van der Waals surface area (Å²) in [7, 11) is 0. The van der Waals surface area contributed by atoms with Gasteiger partial charge in [0, 0.05) is 11.3 Å². The van der Waals surface area contributed by atoms with Gasteiger partial charge >= 0.3 is 0 Å². The Morgan fingerprint density at radius 2 is 1.74 bits per heavy atom. The summed E-state index contributed by atoms with van der Waals surface area (Å²) in [6, 6.07) is 18.8. The number of nitrogens with zero attached hydrogens (tertiary/aromatic N) is 1. The quantitative estimate of drug-likeness (QED) is 0.421. The Bertz CT molecular complexity index is 771. The Balaban J connectivity index is 1.69. The Labute approximate surface area is 166 Å². The first-order valence-corrected chi connectivity index (χ1v) is 9.69. The van der Waals surface area contributed by atoms with E-state index in [1.165, 1.54) is 16.0 Å². The molecule has 2 aromatic carbocycles. The second-order valence-electron chi connectivity index (χ2n) is 6.80. The van der Waals surface area contributed by atoms with E-state index in [1.807, 2.05) is 30.3 Å². The fraction of sp³-hybridized carbons (Fsp3) is 0.333. The molecule has 1 heterocycles. The number of rotatable bonds is 5. The van der Waals surface area contributed by atoms with Gasteiger partial charge in [-0.2, -0.15) is 5.10 Å². The third kappa shape index (κ3) is 5.60. The largest absolute Gasteiger partial charge is 0.370 e. The summed E-state index contributed by atoms with van der Waals surface area (Å²) >= 11 is 5.39. The zero-order chi connectivity index (χ0) is 19.1. The maximum Gasteiger partial charge on any atom is 0.191 e. The molecule has 0 radical (unpaired) electrons. The maximum atomic E-state index is 5.53. The van der Waals surface area contributed by atoms with Gasteiger partial charge in [-0.25, -0.2) is 0 Å². The van der Waals surface area contributed by atoms with Crippen LogP contribution in [-0.2, 0) is 4.74 Å². The second kappa shape index (κ2) is 9.60. The summed E-state index contributed by atoms with van der Waals surface area (Å²) in [6.45, 7) is 7.63. The Hall–Kier alpha value is -2.28. The molecule has 2 aromatic rings. The summed E-state index contributed by atoms with van der Waals surface area (Å²) < 4.78 is 5.53. The van der Waals surface area contributed by atoms with Crippen molar-refractivity contribution in [2.75, 3.05) is 31.6 Å². The van der Waals surface area contributed by atoms with E-state index in [0.717, 1.165) is 37.7 Å². The van der Waals surface area contributed by atoms with Gasteiger partial charge in [0.2, 0.25) is 0 Å². The van der Waals surface area contributed by atoms with E-state index in [2.05, 4.69) is 54.0 Å². The minimum Gasteiger partial charge on any atom is -0.370 e. The Kier molecular flexibility index (Phi) is 6.92. The van der Waals surface area contributed by atoms with Gasteiger partial charge in [0.1, 0.15) is 13.1 Å². The van der Waals surface area contributed by atoms with Crippen molar-refractivity contribution in [2.24, 2.45) is 5.10 Å². The third-order valence-electron chi connectivity index (χ3n) is 4.74. The van der Waals surface area contributed by atoms with Crippen LogP contribution in [0.3, 0.4) is 0 Å². The van der Waals surface area contributed by atoms with Gasteiger partial charge in [0.05, 0.1) is 18.9 Å². The van der Waals surface area contributed by atoms with Crippen LogP contribution in [0, 0.1) is 6.92 Å². The molecule has 1 aliphatic rings. The normalized spacial score (nSPS) is 16.6. The third-order valence-corrected chi connectivity index (χ3v) is 4.93. The molecule has 5 nitrogen and oxygen atoms in total. The molecule has 3 rings (SSSR count). The van der Waals surface area contributed by atoms with E-state index in [1.54, 1.807) is 0 Å². The molecule has 0 amide bonds. The molecule has 6 heteroatoms. The number of benzene rings is 2. The highest BCUT2D eigenvalue weighted by molar-refractivity contribution is 7.80. The average molecular weight is 384 g/mol. The smallest absolute Gasteiger partial charge is 0.191 e. The van der Waals surface area contributed by atoms with Crippen LogP contribution in [0.2, 0.25) is 0 Å². The highest BCUT2D eigenvalue weighted by atomic mass is 32.1. The zero-order valence-corrected chi connectivity index (χ0v) is 16.7. The van der Waals surface area contributed by atoms with E-state index in [0.29, 0.717) is 5.11 Å². The number of hydrogen-bond donors (Lipinski definition) is 3. The summed E-state index contributed by atoms with van der Waals surface area (Å²) in [5.74, 6) is 0. The lowest BCUT2D eigenvalue weighted by molar-refractivity contribution is -0.928. The molecule has 0 bridgehead atoms. The van der Waals surface area contributed by atoms with Gasteiger partial charge in [0.25, 0.3) is 0 Å². The molecule has 1 saturated heterocycles. The number of ether oxygens (including phenoxy) is 1. The highest BCUT2D eigenvalue weighted by Gasteiger charge is 2.29. The fourth-order valence-corrected chi connectivity index (χ4v) is 3.50. The van der Waals surface area contributed by atoms with Gasteiger partial charge in [-0.15, -0.1) is 0 Å². The molecule has 27 heavy (non-hydrogen) atoms. The van der Waals surface area contributed by atoms with Crippen molar-refractivity contribution >= 4 is 28.7 Å². The predicted octanol–water partition coefficient (Wildman–Crippen LogP) is 2.31. The number of anilines is 1. The topological polar surface area (TPSA) is 50.1 Å². The van der Waals surface area contributed by atoms with E-state index >= 15 is 0 Å². The second-order valence-corrected chi connectivity index (χ2v) is 7.21. The van der Waals surface area contributed by atoms with Crippen molar-refractivity contribution in [3.63, 3.8) is 0 Å². The van der Waals surface area contributed by atoms with Crippen molar-refractivity contribution in [2.45, 2.75) is 19.9 Å². The van der Waals surface area contributed by atoms with Crippen LogP contribution in [0.15, 0.2) is 59.7 Å². The number of morpholine rings is 1. The molecule has 1 fully saturated rings. The van der Waals surface area contributed by atoms with Crippen LogP contribution >= 0.6 is 12.2 Å². The first-order chi connectivity index (χ1) is 13.1. The lowest BCUT2D eigenvalue weighted by Gasteiger charge is -2.31. The number of quaternary nitrogens is 1. The van der Waals surface area contributed by atoms with Crippen LogP contribution in [0.25, 0.3) is 0 Å². The fourth-order valence-electron chi connectivity index (χ4n) is 3.34. The van der Waals surface area contributed by atoms with Crippen molar-refractivity contribution in [3.8, 4) is 0 Å². The van der Waals surface area contributed by atoms with Crippen LogP contribution < -0.4 is 15.6 Å². The minimum absolute atomic E-state index is 0.185. The average Bonchev–Trinajstić information content (AvgIpc) is 2.70. The molecule has 0 saturated carbocycles. The summed E-state index contributed by atoms with van der Waals surface area (Å²) in [5.41, 5.74) is 7.43. The number of hydrogen-bond acceptors (Lipinski definition) is 3. The summed E-state index contributed by atoms with van der Waals surface area (Å²) in [6.07, 6.45) is 0. The molecule has 0 aromatic heterocycles. The number of thiocarbonyl (C=S) groups is 1. The first kappa shape index (κ1) is 19.5. The number of nitrogens with one attached hydrogen (secondary N) is 3. The van der Waals surface area contributed by atoms with Crippen molar-refractivity contribution in [1.82, 2.24) is 5.43 Å². The van der Waals surface area contributed by atoms with E-state index < -0.39 is 0 Å². The van der Waals surface area contributed by atoms with Gasteiger partial charge in [-0.05, 0) is 38.2 Å². The molecule has 0 aliphatic carbocycles. The standard InChI is InChI=1S/C21H26N4OS/c1-16-8-10-19(11-9-16)22-21(27)24-23-17(2)20(18-6-4-3-5-7-18)25-12-14-26-15-13-25/h3-11,20H,12-15H2,1-2H3,(H2,22,24,27)/p+1/b23-17-/t20-/m0/s1. The Morgan fingerprint density at radius 1 is 1.07 bits per heavy atom. The molecule has 142 valence electrons. The molecular formula is C21H27N4OS+. The zero-order valence-electron chi connectivity index (χ0n) is 15.9. The number of hydrazone groups is 1. The molecule has 0 unspecified atom stereocenters. The van der Waals surface area contributed by atoms with Crippen molar-refractivity contribution < 1.29 is 9.64 Å². The summed E-state index contributed by atoms with van der Waals surface area (Å²) in [4.78, 5) is 1.47. The molecule has 1 aliphatic heterocycles. The predicted molar refractivity (Wildman–Crippen MR) is 114 cm³/mol.